The summed E-state index contributed by atoms with van der Waals surface area (Å²) in [5.41, 5.74) is 0. The van der Waals surface area contributed by atoms with Crippen LogP contribution >= 0.6 is 0 Å². The first-order valence-corrected chi connectivity index (χ1v) is 15.0. The molecule has 7 nitrogen and oxygen atoms in total. The number of unbranched alkanes of at least 4 members (excludes halogenated alkanes) is 2. The Hall–Kier alpha value is -1.44. The lowest BCUT2D eigenvalue weighted by molar-refractivity contribution is -0.110. The number of carbonyl (C=O) groups is 2. The first kappa shape index (κ1) is 49.5. The van der Waals surface area contributed by atoms with Crippen LogP contribution < -0.4 is 10.6 Å². The second kappa shape index (κ2) is 65.0. The third kappa shape index (κ3) is 142. The van der Waals surface area contributed by atoms with Crippen molar-refractivity contribution in [1.82, 2.24) is 10.6 Å². The maximum absolute atomic E-state index is 9.51. The van der Waals surface area contributed by atoms with E-state index in [1.54, 1.807) is 20.1 Å². The highest BCUT2D eigenvalue weighted by atomic mass is 16.5. The Bertz CT molecular complexity index is 329. The molecule has 0 aliphatic heterocycles. The van der Waals surface area contributed by atoms with Crippen molar-refractivity contribution in [1.29, 1.82) is 0 Å². The fraction of sp³-hybridized carbons (Fsp3) is 0.871. The van der Waals surface area contributed by atoms with Crippen LogP contribution in [0.5, 0.6) is 0 Å². The van der Waals surface area contributed by atoms with Crippen molar-refractivity contribution >= 4 is 12.8 Å². The van der Waals surface area contributed by atoms with E-state index in [1.165, 1.54) is 83.5 Å². The SMILES string of the molecule is C1CC1.C1CCCCC1.C=CC.CCC(C)O.CCCC.CCCC.COCCNC=O.O=CNCCO. The van der Waals surface area contributed by atoms with Gasteiger partial charge >= 0.3 is 0 Å². The highest BCUT2D eigenvalue weighted by molar-refractivity contribution is 5.45. The van der Waals surface area contributed by atoms with E-state index in [4.69, 9.17) is 10.2 Å². The summed E-state index contributed by atoms with van der Waals surface area (Å²) in [6, 6.07) is 0. The molecule has 2 fully saturated rings. The topological polar surface area (TPSA) is 108 Å². The van der Waals surface area contributed by atoms with Crippen LogP contribution in [0.15, 0.2) is 12.7 Å². The molecule has 38 heavy (non-hydrogen) atoms. The van der Waals surface area contributed by atoms with E-state index in [-0.39, 0.29) is 12.7 Å². The normalized spacial score (nSPS) is 12.3. The molecule has 2 saturated carbocycles. The van der Waals surface area contributed by atoms with Crippen LogP contribution in [0.3, 0.4) is 0 Å². The van der Waals surface area contributed by atoms with Gasteiger partial charge in [0, 0.05) is 20.2 Å². The minimum Gasteiger partial charge on any atom is -0.395 e. The van der Waals surface area contributed by atoms with E-state index >= 15 is 0 Å². The molecule has 234 valence electrons. The summed E-state index contributed by atoms with van der Waals surface area (Å²) in [6.07, 6.45) is 22.5. The van der Waals surface area contributed by atoms with E-state index in [2.05, 4.69) is 49.6 Å². The number of rotatable bonds is 10. The summed E-state index contributed by atoms with van der Waals surface area (Å²) in [7, 11) is 1.59. The van der Waals surface area contributed by atoms with E-state index < -0.39 is 0 Å². The highest BCUT2D eigenvalue weighted by Crippen LogP contribution is 2.15. The van der Waals surface area contributed by atoms with Gasteiger partial charge in [0.15, 0.2) is 0 Å². The fourth-order valence-electron chi connectivity index (χ4n) is 1.40. The summed E-state index contributed by atoms with van der Waals surface area (Å²) in [4.78, 5) is 18.9. The Morgan fingerprint density at radius 1 is 0.763 bits per heavy atom. The molecule has 0 heterocycles. The number of allylic oxidation sites excluding steroid dienone is 1. The predicted octanol–water partition coefficient (Wildman–Crippen LogP) is 7.20. The summed E-state index contributed by atoms with van der Waals surface area (Å²) in [6.45, 7) is 19.2. The molecule has 0 spiro atoms. The molecule has 0 saturated heterocycles. The molecule has 0 aromatic carbocycles. The van der Waals surface area contributed by atoms with Crippen molar-refractivity contribution in [2.75, 3.05) is 33.4 Å². The first-order valence-electron chi connectivity index (χ1n) is 15.0. The monoisotopic (exact) mass is 551 g/mol. The second-order valence-electron chi connectivity index (χ2n) is 8.71. The molecule has 2 aliphatic carbocycles. The van der Waals surface area contributed by atoms with Gasteiger partial charge in [-0.05, 0) is 20.3 Å². The number of methoxy groups -OCH3 is 1. The quantitative estimate of drug-likeness (QED) is 0.131. The lowest BCUT2D eigenvalue weighted by Gasteiger charge is -2.05. The number of nitrogens with one attached hydrogen (secondary N) is 2. The van der Waals surface area contributed by atoms with E-state index in [0.717, 1.165) is 6.42 Å². The third-order valence-electron chi connectivity index (χ3n) is 4.32. The van der Waals surface area contributed by atoms with Crippen molar-refractivity contribution in [2.45, 2.75) is 144 Å². The van der Waals surface area contributed by atoms with E-state index in [0.29, 0.717) is 32.5 Å². The molecular formula is C31H70N2O5. The molecule has 0 bridgehead atoms. The molecular weight excluding hydrogens is 480 g/mol. The van der Waals surface area contributed by atoms with Crippen molar-refractivity contribution in [2.24, 2.45) is 0 Å². The van der Waals surface area contributed by atoms with Gasteiger partial charge in [-0.2, -0.15) is 0 Å². The molecule has 4 N–H and O–H groups in total. The number of hydrogen-bond acceptors (Lipinski definition) is 5. The van der Waals surface area contributed by atoms with Gasteiger partial charge in [0.05, 0.1) is 19.3 Å². The van der Waals surface area contributed by atoms with Crippen molar-refractivity contribution in [3.63, 3.8) is 0 Å². The smallest absolute Gasteiger partial charge is 0.207 e. The number of aliphatic hydroxyl groups is 2. The Labute approximate surface area is 238 Å². The Morgan fingerprint density at radius 3 is 1.16 bits per heavy atom. The Morgan fingerprint density at radius 2 is 1.03 bits per heavy atom. The highest BCUT2D eigenvalue weighted by Gasteiger charge is 1.95. The van der Waals surface area contributed by atoms with Gasteiger partial charge in [-0.3, -0.25) is 9.59 Å². The van der Waals surface area contributed by atoms with Crippen LogP contribution in [0.25, 0.3) is 0 Å². The van der Waals surface area contributed by atoms with Crippen LogP contribution in [-0.4, -0.2) is 62.6 Å². The zero-order valence-corrected chi connectivity index (χ0v) is 26.9. The molecule has 2 aliphatic rings. The Kier molecular flexibility index (Phi) is 84.7. The molecule has 0 aromatic heterocycles. The van der Waals surface area contributed by atoms with E-state index in [9.17, 15) is 9.59 Å². The number of carbonyl (C=O) groups excluding carboxylic acids is 2. The minimum atomic E-state index is -0.116. The lowest BCUT2D eigenvalue weighted by atomic mass is 10.0. The van der Waals surface area contributed by atoms with E-state index in [1.807, 2.05) is 13.8 Å². The standard InChI is InChI=1S/C6H12.C4H9NO2.C4H10O.2C4H10.C3H7NO2.2C3H6/c1-2-4-6-5-3-1;1-7-3-2-5-4-6;1-3-4(2)5;2*1-3-4-2;5-2-1-4-3-6;1-2-3-1;1-3-2/h1-6H2;4H,2-3H2,1H3,(H,5,6);4-5H,3H2,1-2H3;2*3-4H2,1-2H3;3,5H,1-2H2,(H,4,6);1-3H2;3H,1H2,2H3. The number of aliphatic hydroxyl groups excluding tert-OH is 2. The molecule has 0 aromatic rings. The van der Waals surface area contributed by atoms with Gasteiger partial charge < -0.3 is 25.6 Å². The average Bonchev–Trinajstić information content (AvgIpc) is 3.85. The van der Waals surface area contributed by atoms with Crippen molar-refractivity contribution < 1.29 is 24.5 Å². The van der Waals surface area contributed by atoms with Gasteiger partial charge in [0.2, 0.25) is 12.8 Å². The Balaban J connectivity index is -0.0000000782. The van der Waals surface area contributed by atoms with Gasteiger partial charge in [0.25, 0.3) is 0 Å². The zero-order valence-electron chi connectivity index (χ0n) is 26.9. The molecule has 0 radical (unpaired) electrons. The van der Waals surface area contributed by atoms with Gasteiger partial charge in [0.1, 0.15) is 0 Å². The maximum Gasteiger partial charge on any atom is 0.207 e. The zero-order chi connectivity index (χ0) is 30.5. The number of amides is 2. The minimum absolute atomic E-state index is 0.0126. The van der Waals surface area contributed by atoms with Crippen LogP contribution in [0.2, 0.25) is 0 Å². The average molecular weight is 551 g/mol. The largest absolute Gasteiger partial charge is 0.395 e. The van der Waals surface area contributed by atoms with Crippen LogP contribution in [0.1, 0.15) is 138 Å². The summed E-state index contributed by atoms with van der Waals surface area (Å²) in [5.74, 6) is 0. The van der Waals surface area contributed by atoms with Crippen LogP contribution in [-0.2, 0) is 14.3 Å². The lowest BCUT2D eigenvalue weighted by Crippen LogP contribution is -2.16. The summed E-state index contributed by atoms with van der Waals surface area (Å²) in [5, 5.41) is 21.0. The molecule has 1 unspecified atom stereocenters. The maximum atomic E-state index is 9.51. The van der Waals surface area contributed by atoms with Gasteiger partial charge in [-0.25, -0.2) is 0 Å². The second-order valence-corrected chi connectivity index (χ2v) is 8.71. The van der Waals surface area contributed by atoms with Gasteiger partial charge in [-0.1, -0.05) is 124 Å². The summed E-state index contributed by atoms with van der Waals surface area (Å²) >= 11 is 0. The summed E-state index contributed by atoms with van der Waals surface area (Å²) < 4.78 is 4.62. The third-order valence-corrected chi connectivity index (χ3v) is 4.32. The first-order chi connectivity index (χ1) is 18.3. The molecule has 1 atom stereocenters. The molecule has 2 rings (SSSR count). The molecule has 7 heteroatoms. The fourth-order valence-corrected chi connectivity index (χ4v) is 1.40. The number of ether oxygens (including phenoxy) is 1. The van der Waals surface area contributed by atoms with Crippen LogP contribution in [0, 0.1) is 0 Å². The van der Waals surface area contributed by atoms with Crippen molar-refractivity contribution in [3.05, 3.63) is 12.7 Å². The van der Waals surface area contributed by atoms with Crippen LogP contribution in [0.4, 0.5) is 0 Å². The predicted molar refractivity (Wildman–Crippen MR) is 168 cm³/mol. The molecule has 2 amide bonds. The number of hydrogen-bond donors (Lipinski definition) is 4. The van der Waals surface area contributed by atoms with Crippen molar-refractivity contribution in [3.8, 4) is 0 Å². The van der Waals surface area contributed by atoms with Gasteiger partial charge in [-0.15, -0.1) is 6.58 Å².